The number of hydrogen-bond donors (Lipinski definition) is 2. The molecule has 0 aliphatic rings. The smallest absolute Gasteiger partial charge is 0.0643 e. The lowest BCUT2D eigenvalue weighted by Crippen LogP contribution is -1.38. The van der Waals surface area contributed by atoms with E-state index in [9.17, 15) is 0 Å². The Labute approximate surface area is 28.9 Å². The third-order valence-corrected chi connectivity index (χ3v) is 0. The van der Waals surface area contributed by atoms with Gasteiger partial charge in [0.2, 0.25) is 0 Å². The summed E-state index contributed by atoms with van der Waals surface area (Å²) in [6, 6.07) is 0. The predicted octanol–water partition coefficient (Wildman–Crippen LogP) is -1.51. The van der Waals surface area contributed by atoms with Crippen LogP contribution in [0.25, 0.3) is 0 Å². The summed E-state index contributed by atoms with van der Waals surface area (Å²) >= 11 is 0. The highest BCUT2D eigenvalue weighted by atomic mass is 14.0. The van der Waals surface area contributed by atoms with Crippen LogP contribution in [0.15, 0.2) is 0 Å². The Kier molecular flexibility index (Phi) is 44000. The lowest BCUT2D eigenvalue weighted by molar-refractivity contribution is 2.13. The van der Waals surface area contributed by atoms with Crippen molar-refractivity contribution in [3.8, 4) is 0 Å². The van der Waals surface area contributed by atoms with E-state index < -0.39 is 0 Å². The Hall–Kier alpha value is 0.0499. The average molecular weight is 59.7 g/mol. The SMILES string of the molecule is BB.N.N. The first-order valence-electron chi connectivity index (χ1n) is 1.00. The molecule has 0 rings (SSSR count). The van der Waals surface area contributed by atoms with Gasteiger partial charge in [-0.05, 0) is 0 Å². The van der Waals surface area contributed by atoms with Gasteiger partial charge in [-0.1, -0.05) is 0 Å². The van der Waals surface area contributed by atoms with Crippen LogP contribution in [-0.4, -0.2) is 15.5 Å². The van der Waals surface area contributed by atoms with Gasteiger partial charge in [-0.15, -0.1) is 0 Å². The van der Waals surface area contributed by atoms with Crippen LogP contribution in [0.2, 0.25) is 0 Å². The first kappa shape index (κ1) is 34.2. The summed E-state index contributed by atoms with van der Waals surface area (Å²) in [5.74, 6) is 0. The van der Waals surface area contributed by atoms with Gasteiger partial charge in [0, 0.05) is 0 Å². The fraction of sp³-hybridized carbons (Fsp3) is 0. The highest BCUT2D eigenvalue weighted by Crippen LogP contribution is 0.619. The predicted molar refractivity (Wildman–Crippen MR) is 27.1 cm³/mol. The molecule has 0 aliphatic carbocycles. The van der Waals surface area contributed by atoms with E-state index in [4.69, 9.17) is 0 Å². The van der Waals surface area contributed by atoms with Gasteiger partial charge in [-0.25, -0.2) is 0 Å². The second-order valence-corrected chi connectivity index (χ2v) is 0. The molecule has 0 saturated carbocycles. The topological polar surface area (TPSA) is 70.0 Å². The molecule has 6 N–H and O–H groups in total. The Morgan fingerprint density at radius 1 is 0.750 bits per heavy atom. The lowest BCUT2D eigenvalue weighted by atomic mass is 9.81. The van der Waals surface area contributed by atoms with E-state index >= 15 is 0 Å². The highest BCUT2D eigenvalue weighted by Gasteiger charge is 1.06. The van der Waals surface area contributed by atoms with Crippen LogP contribution < -0.4 is 12.3 Å². The minimum atomic E-state index is 0. The molecule has 0 bridgehead atoms. The molecule has 4 heteroatoms. The molecular weight excluding hydrogens is 49.6 g/mol. The molecule has 4 heavy (non-hydrogen) atoms. The van der Waals surface area contributed by atoms with Gasteiger partial charge >= 0.3 is 0 Å². The fourth-order valence-corrected chi connectivity index (χ4v) is 0. The maximum atomic E-state index is 2.00. The van der Waals surface area contributed by atoms with Crippen LogP contribution in [0, 0.1) is 0 Å². The van der Waals surface area contributed by atoms with Crippen molar-refractivity contribution < 1.29 is 0 Å². The maximum absolute atomic E-state index is 2.00. The Morgan fingerprint density at radius 2 is 0.750 bits per heavy atom. The van der Waals surface area contributed by atoms with Crippen molar-refractivity contribution in [2.45, 2.75) is 0 Å². The third kappa shape index (κ3) is 908. The zero-order chi connectivity index (χ0) is 2.00. The van der Waals surface area contributed by atoms with E-state index in [1.807, 2.05) is 15.5 Å². The van der Waals surface area contributed by atoms with Gasteiger partial charge < -0.3 is 12.3 Å². The van der Waals surface area contributed by atoms with Gasteiger partial charge in [-0.2, -0.15) is 0 Å². The first-order valence-corrected chi connectivity index (χ1v) is 1.00. The van der Waals surface area contributed by atoms with Gasteiger partial charge in [0.25, 0.3) is 0 Å². The average Bonchev–Trinajstić information content (AvgIpc) is 1.00. The molecule has 0 unspecified atom stereocenters. The molecule has 0 spiro atoms. The van der Waals surface area contributed by atoms with Crippen molar-refractivity contribution in [1.29, 1.82) is 0 Å². The van der Waals surface area contributed by atoms with Gasteiger partial charge in [0.15, 0.2) is 0 Å². The quantitative estimate of drug-likeness (QED) is 0.333. The van der Waals surface area contributed by atoms with Gasteiger partial charge in [0.1, 0.15) is 0 Å². The first-order chi connectivity index (χ1) is 1.00. The van der Waals surface area contributed by atoms with E-state index in [0.717, 1.165) is 0 Å². The number of rotatable bonds is 0. The zero-order valence-electron chi connectivity index (χ0n) is 3.41. The summed E-state index contributed by atoms with van der Waals surface area (Å²) in [6.45, 7) is 0. The van der Waals surface area contributed by atoms with Gasteiger partial charge in [-0.3, -0.25) is 0 Å². The molecule has 0 aromatic heterocycles. The van der Waals surface area contributed by atoms with Crippen LogP contribution in [-0.2, 0) is 0 Å². The Morgan fingerprint density at radius 3 is 0.750 bits per heavy atom. The summed E-state index contributed by atoms with van der Waals surface area (Å²) in [4.78, 5) is 0. The number of hydrogen-bond acceptors (Lipinski definition) is 2. The van der Waals surface area contributed by atoms with Gasteiger partial charge in [0.05, 0.1) is 15.5 Å². The van der Waals surface area contributed by atoms with Crippen molar-refractivity contribution >= 4 is 15.5 Å². The monoisotopic (exact) mass is 60.1 g/mol. The summed E-state index contributed by atoms with van der Waals surface area (Å²) in [6.07, 6.45) is 0. The maximum Gasteiger partial charge on any atom is 0.0643 e. The minimum Gasteiger partial charge on any atom is -0.344 e. The van der Waals surface area contributed by atoms with E-state index in [2.05, 4.69) is 0 Å². The highest BCUT2D eigenvalue weighted by molar-refractivity contribution is 6.75. The van der Waals surface area contributed by atoms with Crippen molar-refractivity contribution in [2.24, 2.45) is 0 Å². The summed E-state index contributed by atoms with van der Waals surface area (Å²) in [7, 11) is 4.00. The van der Waals surface area contributed by atoms with Crippen molar-refractivity contribution in [1.82, 2.24) is 12.3 Å². The zero-order valence-corrected chi connectivity index (χ0v) is 3.41. The summed E-state index contributed by atoms with van der Waals surface area (Å²) < 4.78 is 0. The van der Waals surface area contributed by atoms with E-state index in [1.54, 1.807) is 0 Å². The molecule has 26 valence electrons. The normalized spacial score (nSPS) is 1.00. The minimum absolute atomic E-state index is 0. The molecule has 2 nitrogen and oxygen atoms in total. The van der Waals surface area contributed by atoms with Crippen molar-refractivity contribution in [3.05, 3.63) is 0 Å². The molecule has 0 saturated heterocycles. The van der Waals surface area contributed by atoms with E-state index in [1.165, 1.54) is 0 Å². The molecule has 0 aliphatic heterocycles. The molecule has 0 atom stereocenters. The van der Waals surface area contributed by atoms with Crippen LogP contribution in [0.3, 0.4) is 0 Å². The molecule has 0 heterocycles. The van der Waals surface area contributed by atoms with Crippen LogP contribution in [0.4, 0.5) is 0 Å². The van der Waals surface area contributed by atoms with E-state index in [-0.39, 0.29) is 12.3 Å². The molecule has 0 amide bonds. The van der Waals surface area contributed by atoms with E-state index in [0.29, 0.717) is 0 Å². The Bertz CT molecular complexity index is 4.00. The Balaban J connectivity index is -0.00000000500. The van der Waals surface area contributed by atoms with Crippen LogP contribution in [0.1, 0.15) is 0 Å². The molecule has 0 fully saturated rings. The summed E-state index contributed by atoms with van der Waals surface area (Å²) in [5.41, 5.74) is 0. The molecule has 0 aromatic carbocycles. The fourth-order valence-electron chi connectivity index (χ4n) is 0. The second-order valence-electron chi connectivity index (χ2n) is 0. The molecule has 0 aromatic rings. The molecular formula is H10B2N2. The second kappa shape index (κ2) is 5150. The van der Waals surface area contributed by atoms with Crippen molar-refractivity contribution in [2.75, 3.05) is 0 Å². The third-order valence-electron chi connectivity index (χ3n) is 0. The largest absolute Gasteiger partial charge is 0.344 e. The lowest BCUT2D eigenvalue weighted by Gasteiger charge is -0.936. The van der Waals surface area contributed by atoms with Crippen molar-refractivity contribution in [3.63, 3.8) is 0 Å². The van der Waals surface area contributed by atoms with Crippen LogP contribution in [0.5, 0.6) is 0 Å². The standard InChI is InChI=1S/B2H4.2H3N/c1-2;;/h1-2H2;2*1H3. The van der Waals surface area contributed by atoms with Crippen LogP contribution >= 0.6 is 0 Å². The molecule has 0 radical (unpaired) electrons. The summed E-state index contributed by atoms with van der Waals surface area (Å²) in [5, 5.41) is 0.